The third-order valence-corrected chi connectivity index (χ3v) is 8.26. The number of ether oxygens (including phenoxy) is 1. The molecule has 3 aliphatic heterocycles. The molecule has 0 aliphatic carbocycles. The number of rotatable bonds is 7. The summed E-state index contributed by atoms with van der Waals surface area (Å²) in [6.45, 7) is 6.80. The molecule has 1 amide bonds. The fraction of sp³-hybridized carbons (Fsp3) is 0.692. The van der Waals surface area contributed by atoms with E-state index in [1.54, 1.807) is 0 Å². The van der Waals surface area contributed by atoms with Crippen LogP contribution in [0.5, 0.6) is 0 Å². The van der Waals surface area contributed by atoms with Crippen molar-refractivity contribution in [3.05, 3.63) is 28.8 Å². The number of alkyl halides is 3. The number of carboxylic acid groups (broad SMARTS) is 1. The average molecular weight is 561 g/mol. The molecule has 2 unspecified atom stereocenters. The Hall–Kier alpha value is -2.24. The Balaban J connectivity index is 1.29. The smallest absolute Gasteiger partial charge is 0.425 e. The summed E-state index contributed by atoms with van der Waals surface area (Å²) in [6, 6.07) is 5.89. The van der Waals surface area contributed by atoms with Gasteiger partial charge in [0.1, 0.15) is 0 Å². The van der Waals surface area contributed by atoms with Gasteiger partial charge in [-0.25, -0.2) is 4.79 Å². The van der Waals surface area contributed by atoms with Crippen molar-refractivity contribution in [2.24, 2.45) is 11.8 Å². The number of amides is 1. The first-order chi connectivity index (χ1) is 18.0. The Morgan fingerprint density at radius 1 is 1.03 bits per heavy atom. The molecule has 3 fully saturated rings. The van der Waals surface area contributed by atoms with Gasteiger partial charge in [0.25, 0.3) is 0 Å². The number of carboxylic acids is 1. The molecule has 0 radical (unpaired) electrons. The van der Waals surface area contributed by atoms with Crippen LogP contribution >= 0.6 is 11.6 Å². The molecule has 0 aromatic heterocycles. The molecule has 38 heavy (non-hydrogen) atoms. The largest absolute Gasteiger partial charge is 0.480 e. The molecule has 0 spiro atoms. The summed E-state index contributed by atoms with van der Waals surface area (Å²) in [5.74, 6) is 0.351. The summed E-state index contributed by atoms with van der Waals surface area (Å²) in [5, 5.41) is 9.73. The van der Waals surface area contributed by atoms with Crippen LogP contribution in [-0.2, 0) is 16.1 Å². The number of hydrogen-bond donors (Lipinski definition) is 1. The Labute approximate surface area is 226 Å². The van der Waals surface area contributed by atoms with Crippen molar-refractivity contribution in [3.8, 4) is 0 Å². The zero-order valence-electron chi connectivity index (χ0n) is 21.6. The number of benzene rings is 1. The van der Waals surface area contributed by atoms with Crippen molar-refractivity contribution in [3.63, 3.8) is 0 Å². The van der Waals surface area contributed by atoms with Gasteiger partial charge in [0.15, 0.2) is 6.10 Å². The van der Waals surface area contributed by atoms with Crippen LogP contribution in [0.15, 0.2) is 18.2 Å². The van der Waals surface area contributed by atoms with E-state index in [9.17, 15) is 22.8 Å². The molecular formula is C26H36ClF3N4O4. The monoisotopic (exact) mass is 560 g/mol. The van der Waals surface area contributed by atoms with Crippen molar-refractivity contribution in [2.45, 2.75) is 45.0 Å². The van der Waals surface area contributed by atoms with Gasteiger partial charge in [-0.05, 0) is 62.3 Å². The quantitative estimate of drug-likeness (QED) is 0.536. The summed E-state index contributed by atoms with van der Waals surface area (Å²) in [6.07, 6.45) is -4.49. The van der Waals surface area contributed by atoms with Crippen LogP contribution in [0.3, 0.4) is 0 Å². The van der Waals surface area contributed by atoms with Crippen LogP contribution in [0.25, 0.3) is 0 Å². The lowest BCUT2D eigenvalue weighted by Crippen LogP contribution is -2.49. The summed E-state index contributed by atoms with van der Waals surface area (Å²) < 4.78 is 42.7. The zero-order chi connectivity index (χ0) is 27.4. The van der Waals surface area contributed by atoms with Crippen molar-refractivity contribution >= 4 is 29.4 Å². The highest BCUT2D eigenvalue weighted by atomic mass is 35.5. The number of aliphatic carboxylic acids is 1. The molecule has 12 heteroatoms. The van der Waals surface area contributed by atoms with E-state index in [4.69, 9.17) is 16.7 Å². The first-order valence-corrected chi connectivity index (χ1v) is 13.6. The van der Waals surface area contributed by atoms with Crippen LogP contribution in [0.1, 0.15) is 31.7 Å². The minimum atomic E-state index is -4.57. The molecule has 0 bridgehead atoms. The third kappa shape index (κ3) is 7.45. The number of hydrogen-bond acceptors (Lipinski definition) is 6. The molecular weight excluding hydrogens is 525 g/mol. The van der Waals surface area contributed by atoms with E-state index in [-0.39, 0.29) is 6.54 Å². The third-order valence-electron chi connectivity index (χ3n) is 8.02. The van der Waals surface area contributed by atoms with Crippen molar-refractivity contribution in [2.75, 3.05) is 63.8 Å². The minimum absolute atomic E-state index is 0.114. The second kappa shape index (κ2) is 12.3. The second-order valence-electron chi connectivity index (χ2n) is 10.6. The van der Waals surface area contributed by atoms with Gasteiger partial charge < -0.3 is 19.6 Å². The van der Waals surface area contributed by atoms with Gasteiger partial charge in [-0.3, -0.25) is 14.6 Å². The molecule has 0 saturated carbocycles. The normalized spacial score (nSPS) is 23.0. The highest BCUT2D eigenvalue weighted by Gasteiger charge is 2.40. The van der Waals surface area contributed by atoms with Crippen LogP contribution in [0.2, 0.25) is 5.02 Å². The lowest BCUT2D eigenvalue weighted by Gasteiger charge is -2.38. The first-order valence-electron chi connectivity index (χ1n) is 13.2. The van der Waals surface area contributed by atoms with Gasteiger partial charge >= 0.3 is 18.2 Å². The summed E-state index contributed by atoms with van der Waals surface area (Å²) in [7, 11) is 0. The van der Waals surface area contributed by atoms with Crippen LogP contribution in [0.4, 0.5) is 23.7 Å². The fourth-order valence-electron chi connectivity index (χ4n) is 5.78. The van der Waals surface area contributed by atoms with Gasteiger partial charge in [0.05, 0.1) is 6.54 Å². The predicted octanol–water partition coefficient (Wildman–Crippen LogP) is 4.17. The maximum atomic E-state index is 12.7. The van der Waals surface area contributed by atoms with Crippen LogP contribution in [-0.4, -0.2) is 103 Å². The Bertz CT molecular complexity index is 982. The number of likely N-dealkylation sites (tertiary alicyclic amines) is 1. The average Bonchev–Trinajstić information content (AvgIpc) is 3.33. The number of carbonyl (C=O) groups excluding carboxylic acids is 1. The number of piperidine rings is 1. The number of piperazine rings is 1. The van der Waals surface area contributed by atoms with Gasteiger partial charge in [-0.15, -0.1) is 0 Å². The number of carbonyl (C=O) groups is 2. The molecule has 3 heterocycles. The predicted molar refractivity (Wildman–Crippen MR) is 137 cm³/mol. The highest BCUT2D eigenvalue weighted by molar-refractivity contribution is 6.30. The molecule has 4 rings (SSSR count). The molecule has 3 aliphatic rings. The Kier molecular flexibility index (Phi) is 9.31. The standard InChI is InChI=1S/C26H36ClF3N4O4/c1-18(26(28,29)30)38-25(37)34-12-10-31(11-13-34)16-21-2-3-22(27)14-23(21)33-8-5-19(6-9-33)20-4-7-32(15-20)17-24(35)36/h2-3,14,18-20H,4-13,15-17H2,1H3,(H,35,36). The maximum absolute atomic E-state index is 12.7. The van der Waals surface area contributed by atoms with Crippen molar-refractivity contribution in [1.29, 1.82) is 0 Å². The SMILES string of the molecule is CC(OC(=O)N1CCN(Cc2ccc(Cl)cc2N2CCC(C3CCN(CC(=O)O)C3)CC2)CC1)C(F)(F)F. The van der Waals surface area contributed by atoms with E-state index in [0.717, 1.165) is 63.6 Å². The summed E-state index contributed by atoms with van der Waals surface area (Å²) in [5.41, 5.74) is 2.22. The first kappa shape index (κ1) is 28.8. The number of nitrogens with zero attached hydrogens (tertiary/aromatic N) is 4. The lowest BCUT2D eigenvalue weighted by molar-refractivity contribution is -0.200. The van der Waals surface area contributed by atoms with Crippen molar-refractivity contribution < 1.29 is 32.6 Å². The number of anilines is 1. The van der Waals surface area contributed by atoms with Crippen molar-refractivity contribution in [1.82, 2.24) is 14.7 Å². The number of halogens is 4. The lowest BCUT2D eigenvalue weighted by atomic mass is 9.83. The van der Waals surface area contributed by atoms with Gasteiger partial charge in [-0.1, -0.05) is 17.7 Å². The molecule has 8 nitrogen and oxygen atoms in total. The van der Waals surface area contributed by atoms with Crippen LogP contribution < -0.4 is 4.90 Å². The van der Waals surface area contributed by atoms with Gasteiger partial charge in [0.2, 0.25) is 0 Å². The summed E-state index contributed by atoms with van der Waals surface area (Å²) in [4.78, 5) is 31.1. The van der Waals surface area contributed by atoms with E-state index < -0.39 is 24.3 Å². The van der Waals surface area contributed by atoms with Gasteiger partial charge in [-0.2, -0.15) is 13.2 Å². The Morgan fingerprint density at radius 2 is 1.68 bits per heavy atom. The van der Waals surface area contributed by atoms with Crippen LogP contribution in [0, 0.1) is 11.8 Å². The Morgan fingerprint density at radius 3 is 2.32 bits per heavy atom. The minimum Gasteiger partial charge on any atom is -0.480 e. The molecule has 212 valence electrons. The summed E-state index contributed by atoms with van der Waals surface area (Å²) >= 11 is 6.36. The molecule has 2 atom stereocenters. The second-order valence-corrected chi connectivity index (χ2v) is 11.0. The topological polar surface area (TPSA) is 76.6 Å². The maximum Gasteiger partial charge on any atom is 0.425 e. The highest BCUT2D eigenvalue weighted by Crippen LogP contribution is 2.35. The van der Waals surface area contributed by atoms with E-state index in [1.165, 1.54) is 4.90 Å². The zero-order valence-corrected chi connectivity index (χ0v) is 22.4. The molecule has 3 saturated heterocycles. The van der Waals surface area contributed by atoms with E-state index in [1.807, 2.05) is 23.1 Å². The van der Waals surface area contributed by atoms with E-state index >= 15 is 0 Å². The van der Waals surface area contributed by atoms with E-state index in [0.29, 0.717) is 49.6 Å². The molecule has 1 aromatic carbocycles. The van der Waals surface area contributed by atoms with E-state index in [2.05, 4.69) is 14.5 Å². The van der Waals surface area contributed by atoms with Gasteiger partial charge in [0, 0.05) is 63.1 Å². The molecule has 1 N–H and O–H groups in total. The molecule has 1 aromatic rings. The fourth-order valence-corrected chi connectivity index (χ4v) is 5.95.